The van der Waals surface area contributed by atoms with Gasteiger partial charge in [-0.05, 0) is 67.4 Å². The highest BCUT2D eigenvalue weighted by Gasteiger charge is 2.15. The number of halogens is 3. The summed E-state index contributed by atoms with van der Waals surface area (Å²) in [6.07, 6.45) is 1.24. The van der Waals surface area contributed by atoms with Crippen molar-refractivity contribution in [2.75, 3.05) is 17.2 Å². The second kappa shape index (κ2) is 12.4. The molecule has 0 bridgehead atoms. The summed E-state index contributed by atoms with van der Waals surface area (Å²) in [5, 5.41) is 9.60. The van der Waals surface area contributed by atoms with Gasteiger partial charge in [0.05, 0.1) is 21.9 Å². The topological polar surface area (TPSA) is 109 Å². The third kappa shape index (κ3) is 7.45. The lowest BCUT2D eigenvalue weighted by atomic mass is 10.1. The Morgan fingerprint density at radius 1 is 0.917 bits per heavy atom. The fraction of sp³-hybridized carbons (Fsp3) is 0.120. The normalized spacial score (nSPS) is 10.7. The van der Waals surface area contributed by atoms with Gasteiger partial charge in [0.25, 0.3) is 5.91 Å². The number of anilines is 2. The van der Waals surface area contributed by atoms with E-state index in [0.717, 1.165) is 11.1 Å². The minimum absolute atomic E-state index is 0.103. The zero-order valence-corrected chi connectivity index (χ0v) is 21.5. The van der Waals surface area contributed by atoms with Gasteiger partial charge in [-0.25, -0.2) is 5.43 Å². The molecule has 0 spiro atoms. The molecule has 0 saturated carbocycles. The summed E-state index contributed by atoms with van der Waals surface area (Å²) >= 11 is 18.0. The molecule has 8 nitrogen and oxygen atoms in total. The summed E-state index contributed by atoms with van der Waals surface area (Å²) in [7, 11) is 0. The first-order valence-corrected chi connectivity index (χ1v) is 11.7. The molecule has 0 aliphatic heterocycles. The van der Waals surface area contributed by atoms with Gasteiger partial charge in [-0.2, -0.15) is 5.10 Å². The summed E-state index contributed by atoms with van der Waals surface area (Å²) in [6, 6.07) is 14.9. The number of rotatable bonds is 7. The van der Waals surface area contributed by atoms with Crippen LogP contribution in [0.2, 0.25) is 15.1 Å². The molecular formula is C25H21Cl3N4O4. The Bertz CT molecular complexity index is 1340. The van der Waals surface area contributed by atoms with E-state index >= 15 is 0 Å². The SMILES string of the molecule is Cc1ccc(NC(=O)COc2ccc(Cl)cc2/C=N\NC(=O)C(=O)Nc2cccc(Cl)c2Cl)cc1C. The van der Waals surface area contributed by atoms with Crippen LogP contribution in [0.5, 0.6) is 5.75 Å². The molecule has 0 fully saturated rings. The molecule has 0 heterocycles. The van der Waals surface area contributed by atoms with Gasteiger partial charge in [0.2, 0.25) is 0 Å². The molecule has 0 unspecified atom stereocenters. The highest BCUT2D eigenvalue weighted by Crippen LogP contribution is 2.29. The number of hydrazone groups is 1. The van der Waals surface area contributed by atoms with Crippen LogP contribution in [0.25, 0.3) is 0 Å². The van der Waals surface area contributed by atoms with E-state index in [1.165, 1.54) is 18.3 Å². The summed E-state index contributed by atoms with van der Waals surface area (Å²) in [6.45, 7) is 3.66. The van der Waals surface area contributed by atoms with Crippen molar-refractivity contribution in [1.82, 2.24) is 5.43 Å². The van der Waals surface area contributed by atoms with Crippen LogP contribution in [-0.4, -0.2) is 30.5 Å². The van der Waals surface area contributed by atoms with Crippen molar-refractivity contribution < 1.29 is 19.1 Å². The molecule has 3 rings (SSSR count). The van der Waals surface area contributed by atoms with E-state index in [4.69, 9.17) is 39.5 Å². The molecule has 0 saturated heterocycles. The first-order chi connectivity index (χ1) is 17.1. The molecule has 3 amide bonds. The molecule has 186 valence electrons. The van der Waals surface area contributed by atoms with E-state index in [9.17, 15) is 14.4 Å². The lowest BCUT2D eigenvalue weighted by Crippen LogP contribution is -2.32. The van der Waals surface area contributed by atoms with Gasteiger partial charge in [0.1, 0.15) is 5.75 Å². The fourth-order valence-corrected chi connectivity index (χ4v) is 3.43. The molecule has 0 aromatic heterocycles. The van der Waals surface area contributed by atoms with Gasteiger partial charge in [-0.3, -0.25) is 14.4 Å². The van der Waals surface area contributed by atoms with Crippen LogP contribution in [-0.2, 0) is 14.4 Å². The minimum Gasteiger partial charge on any atom is -0.483 e. The fourth-order valence-electron chi connectivity index (χ4n) is 2.90. The van der Waals surface area contributed by atoms with E-state index < -0.39 is 11.8 Å². The molecule has 0 aliphatic rings. The van der Waals surface area contributed by atoms with Crippen LogP contribution < -0.4 is 20.8 Å². The molecule has 3 N–H and O–H groups in total. The van der Waals surface area contributed by atoms with Crippen LogP contribution in [0.4, 0.5) is 11.4 Å². The predicted octanol–water partition coefficient (Wildman–Crippen LogP) is 5.37. The second-order valence-electron chi connectivity index (χ2n) is 7.57. The Balaban J connectivity index is 1.59. The van der Waals surface area contributed by atoms with Gasteiger partial charge in [0.15, 0.2) is 6.61 Å². The highest BCUT2D eigenvalue weighted by atomic mass is 35.5. The van der Waals surface area contributed by atoms with E-state index in [-0.39, 0.29) is 28.2 Å². The smallest absolute Gasteiger partial charge is 0.329 e. The highest BCUT2D eigenvalue weighted by molar-refractivity contribution is 6.45. The molecule has 0 radical (unpaired) electrons. The monoisotopic (exact) mass is 546 g/mol. The number of hydrogen-bond acceptors (Lipinski definition) is 5. The average molecular weight is 548 g/mol. The average Bonchev–Trinajstić information content (AvgIpc) is 2.83. The van der Waals surface area contributed by atoms with Crippen LogP contribution >= 0.6 is 34.8 Å². The predicted molar refractivity (Wildman–Crippen MR) is 142 cm³/mol. The number of carbonyl (C=O) groups is 3. The van der Waals surface area contributed by atoms with Gasteiger partial charge in [0, 0.05) is 16.3 Å². The lowest BCUT2D eigenvalue weighted by molar-refractivity contribution is -0.136. The maximum Gasteiger partial charge on any atom is 0.329 e. The van der Waals surface area contributed by atoms with E-state index in [1.807, 2.05) is 26.0 Å². The van der Waals surface area contributed by atoms with E-state index in [1.54, 1.807) is 30.3 Å². The summed E-state index contributed by atoms with van der Waals surface area (Å²) in [4.78, 5) is 36.5. The third-order valence-corrected chi connectivity index (χ3v) is 5.95. The molecular weight excluding hydrogens is 527 g/mol. The standard InChI is InChI=1S/C25H21Cl3N4O4/c1-14-6-8-18(10-15(14)2)30-22(33)13-36-21-9-7-17(26)11-16(21)12-29-32-25(35)24(34)31-20-5-3-4-19(27)23(20)28/h3-12H,13H2,1-2H3,(H,30,33)(H,31,34)(H,32,35)/b29-12-. The Labute approximate surface area is 222 Å². The number of nitrogens with one attached hydrogen (secondary N) is 3. The molecule has 3 aromatic rings. The van der Waals surface area contributed by atoms with Crippen molar-refractivity contribution in [3.05, 3.63) is 86.4 Å². The molecule has 0 aliphatic carbocycles. The molecule has 11 heteroatoms. The van der Waals surface area contributed by atoms with Crippen LogP contribution in [0.1, 0.15) is 16.7 Å². The second-order valence-corrected chi connectivity index (χ2v) is 8.79. The van der Waals surface area contributed by atoms with E-state index in [0.29, 0.717) is 22.0 Å². The quantitative estimate of drug-likeness (QED) is 0.210. The molecule has 0 atom stereocenters. The van der Waals surface area contributed by atoms with Crippen molar-refractivity contribution in [3.8, 4) is 5.75 Å². The van der Waals surface area contributed by atoms with Crippen molar-refractivity contribution in [3.63, 3.8) is 0 Å². The number of nitrogens with zero attached hydrogens (tertiary/aromatic N) is 1. The summed E-state index contributed by atoms with van der Waals surface area (Å²) in [5.41, 5.74) is 5.48. The van der Waals surface area contributed by atoms with E-state index in [2.05, 4.69) is 21.2 Å². The summed E-state index contributed by atoms with van der Waals surface area (Å²) < 4.78 is 5.61. The zero-order chi connectivity index (χ0) is 26.2. The Morgan fingerprint density at radius 3 is 2.44 bits per heavy atom. The van der Waals surface area contributed by atoms with Crippen molar-refractivity contribution >= 4 is 70.1 Å². The Morgan fingerprint density at radius 2 is 1.69 bits per heavy atom. The zero-order valence-electron chi connectivity index (χ0n) is 19.2. The van der Waals surface area contributed by atoms with Crippen molar-refractivity contribution in [2.45, 2.75) is 13.8 Å². The minimum atomic E-state index is -1.04. The lowest BCUT2D eigenvalue weighted by Gasteiger charge is -2.11. The number of amides is 3. The Hall–Kier alpha value is -3.59. The maximum absolute atomic E-state index is 12.3. The Kier molecular flexibility index (Phi) is 9.30. The largest absolute Gasteiger partial charge is 0.483 e. The van der Waals surface area contributed by atoms with Crippen LogP contribution in [0, 0.1) is 13.8 Å². The van der Waals surface area contributed by atoms with Gasteiger partial charge in [-0.1, -0.05) is 46.9 Å². The van der Waals surface area contributed by atoms with Gasteiger partial charge in [-0.15, -0.1) is 0 Å². The van der Waals surface area contributed by atoms with Crippen LogP contribution in [0.15, 0.2) is 59.7 Å². The maximum atomic E-state index is 12.3. The molecule has 3 aromatic carbocycles. The molecule has 36 heavy (non-hydrogen) atoms. The van der Waals surface area contributed by atoms with Crippen molar-refractivity contribution in [1.29, 1.82) is 0 Å². The number of hydrogen-bond donors (Lipinski definition) is 3. The van der Waals surface area contributed by atoms with Gasteiger partial charge < -0.3 is 15.4 Å². The first kappa shape index (κ1) is 27.0. The van der Waals surface area contributed by atoms with Gasteiger partial charge >= 0.3 is 11.8 Å². The number of carbonyl (C=O) groups excluding carboxylic acids is 3. The number of aryl methyl sites for hydroxylation is 2. The number of ether oxygens (including phenoxy) is 1. The van der Waals surface area contributed by atoms with Crippen LogP contribution in [0.3, 0.4) is 0 Å². The third-order valence-electron chi connectivity index (χ3n) is 4.90. The first-order valence-electron chi connectivity index (χ1n) is 10.5. The summed E-state index contributed by atoms with van der Waals surface area (Å²) in [5.74, 6) is -2.11. The number of benzene rings is 3. The van der Waals surface area contributed by atoms with Crippen molar-refractivity contribution in [2.24, 2.45) is 5.10 Å².